The van der Waals surface area contributed by atoms with Gasteiger partial charge in [0, 0.05) is 5.41 Å². The highest BCUT2D eigenvalue weighted by Gasteiger charge is 2.38. The first-order valence-electron chi connectivity index (χ1n) is 18.7. The van der Waals surface area contributed by atoms with Crippen LogP contribution in [0.3, 0.4) is 0 Å². The highest BCUT2D eigenvalue weighted by atomic mass is 14.4. The van der Waals surface area contributed by atoms with Gasteiger partial charge in [0.1, 0.15) is 0 Å². The zero-order valence-electron chi connectivity index (χ0n) is 29.8. The van der Waals surface area contributed by atoms with Crippen LogP contribution in [-0.2, 0) is 5.41 Å². The van der Waals surface area contributed by atoms with Crippen LogP contribution in [-0.4, -0.2) is 0 Å². The van der Waals surface area contributed by atoms with Crippen LogP contribution < -0.4 is 0 Å². The molecule has 0 heterocycles. The minimum atomic E-state index is -0.170. The Morgan fingerprint density at radius 2 is 0.774 bits per heavy atom. The first-order chi connectivity index (χ1) is 26.1. The van der Waals surface area contributed by atoms with E-state index < -0.39 is 0 Å². The molecule has 0 fully saturated rings. The summed E-state index contributed by atoms with van der Waals surface area (Å²) in [6.45, 7) is 4.82. The molecule has 0 unspecified atom stereocenters. The second-order valence-electron chi connectivity index (χ2n) is 15.2. The predicted octanol–water partition coefficient (Wildman–Crippen LogP) is 14.6. The van der Waals surface area contributed by atoms with E-state index in [0.29, 0.717) is 0 Å². The molecule has 0 radical (unpaired) electrons. The molecule has 9 aromatic carbocycles. The number of benzene rings is 9. The third kappa shape index (κ3) is 4.30. The van der Waals surface area contributed by atoms with Crippen molar-refractivity contribution in [2.75, 3.05) is 0 Å². The van der Waals surface area contributed by atoms with E-state index in [1.165, 1.54) is 111 Å². The lowest BCUT2D eigenvalue weighted by atomic mass is 9.78. The van der Waals surface area contributed by atoms with E-state index in [4.69, 9.17) is 0 Å². The maximum absolute atomic E-state index is 2.56. The van der Waals surface area contributed by atoms with Crippen molar-refractivity contribution in [2.45, 2.75) is 19.3 Å². The average Bonchev–Trinajstić information content (AvgIpc) is 3.66. The Kier molecular flexibility index (Phi) is 6.40. The van der Waals surface area contributed by atoms with Gasteiger partial charge in [-0.3, -0.25) is 0 Å². The van der Waals surface area contributed by atoms with Crippen LogP contribution in [0.4, 0.5) is 0 Å². The van der Waals surface area contributed by atoms with Crippen LogP contribution in [0.15, 0.2) is 182 Å². The Bertz CT molecular complexity index is 2920. The molecule has 0 N–H and O–H groups in total. The molecule has 0 saturated carbocycles. The zero-order chi connectivity index (χ0) is 35.3. The van der Waals surface area contributed by atoms with E-state index in [1.54, 1.807) is 0 Å². The fraction of sp³-hybridized carbons (Fsp3) is 0.0566. The summed E-state index contributed by atoms with van der Waals surface area (Å²) in [5, 5.41) is 5.26. The van der Waals surface area contributed by atoms with Gasteiger partial charge in [0.05, 0.1) is 0 Å². The molecular weight excluding hydrogens is 637 g/mol. The molecule has 0 bridgehead atoms. The van der Waals surface area contributed by atoms with Crippen LogP contribution in [0.25, 0.3) is 99.4 Å². The van der Waals surface area contributed by atoms with Crippen molar-refractivity contribution in [1.82, 2.24) is 0 Å². The van der Waals surface area contributed by atoms with E-state index in [9.17, 15) is 0 Å². The van der Waals surface area contributed by atoms with Crippen LogP contribution in [0, 0.1) is 0 Å². The topological polar surface area (TPSA) is 0 Å². The number of hydrogen-bond donors (Lipinski definition) is 0. The van der Waals surface area contributed by atoms with Crippen LogP contribution in [0.2, 0.25) is 0 Å². The van der Waals surface area contributed by atoms with Gasteiger partial charge in [-0.1, -0.05) is 178 Å². The predicted molar refractivity (Wildman–Crippen MR) is 225 cm³/mol. The summed E-state index contributed by atoms with van der Waals surface area (Å²) in [5.74, 6) is 0. The highest BCUT2D eigenvalue weighted by Crippen LogP contribution is 2.60. The molecule has 0 atom stereocenters. The highest BCUT2D eigenvalue weighted by molar-refractivity contribution is 6.29. The molecule has 248 valence electrons. The largest absolute Gasteiger partial charge is 0.0622 e. The molecule has 0 heteroatoms. The summed E-state index contributed by atoms with van der Waals surface area (Å²) in [6.07, 6.45) is 0. The van der Waals surface area contributed by atoms with Crippen molar-refractivity contribution in [3.8, 4) is 77.9 Å². The lowest BCUT2D eigenvalue weighted by molar-refractivity contribution is 0.661. The minimum Gasteiger partial charge on any atom is -0.0622 e. The molecule has 11 rings (SSSR count). The normalized spacial score (nSPS) is 13.2. The summed E-state index contributed by atoms with van der Waals surface area (Å²) < 4.78 is 0. The maximum atomic E-state index is 2.56. The molecule has 0 saturated heterocycles. The van der Waals surface area contributed by atoms with Gasteiger partial charge in [0.25, 0.3) is 0 Å². The molecule has 0 nitrogen and oxygen atoms in total. The van der Waals surface area contributed by atoms with Gasteiger partial charge < -0.3 is 0 Å². The molecule has 2 aliphatic rings. The van der Waals surface area contributed by atoms with E-state index in [0.717, 1.165) is 0 Å². The first-order valence-corrected chi connectivity index (χ1v) is 18.7. The number of fused-ring (bicyclic) bond motifs is 7. The van der Waals surface area contributed by atoms with Gasteiger partial charge in [-0.15, -0.1) is 0 Å². The van der Waals surface area contributed by atoms with Crippen molar-refractivity contribution in [2.24, 2.45) is 0 Å². The number of hydrogen-bond acceptors (Lipinski definition) is 0. The Morgan fingerprint density at radius 1 is 0.283 bits per heavy atom. The standard InChI is InChI=1S/C53H36/c1-53(2)46-30-37(33-16-7-3-8-17-33)26-27-39(46)43-31-44-45(32-47(43)53)49(36-22-13-6-14-23-36)51-41-25-15-24-40-38(34-18-9-4-10-19-34)28-29-42(50(40)41)52(51)48(44)35-20-11-5-12-21-35/h3-32H,1-2H3. The maximum Gasteiger partial charge on any atom is 0.0159 e. The van der Waals surface area contributed by atoms with E-state index >= 15 is 0 Å². The third-order valence-electron chi connectivity index (χ3n) is 12.0. The van der Waals surface area contributed by atoms with Crippen LogP contribution in [0.1, 0.15) is 25.0 Å². The molecule has 2 aliphatic carbocycles. The molecular formula is C53H36. The Hall–Kier alpha value is -6.50. The summed E-state index contributed by atoms with van der Waals surface area (Å²) in [5.41, 5.74) is 20.8. The SMILES string of the molecule is CC1(C)c2cc(-c3ccccc3)ccc2-c2cc3c(-c4ccccc4)c4c(c(-c5ccccc5)c3cc21)-c1cccc2c(-c3ccccc3)ccc-4c12. The zero-order valence-corrected chi connectivity index (χ0v) is 29.8. The lowest BCUT2D eigenvalue weighted by Crippen LogP contribution is -2.15. The van der Waals surface area contributed by atoms with Crippen molar-refractivity contribution < 1.29 is 0 Å². The smallest absolute Gasteiger partial charge is 0.0159 e. The van der Waals surface area contributed by atoms with Gasteiger partial charge >= 0.3 is 0 Å². The van der Waals surface area contributed by atoms with Gasteiger partial charge in [0.15, 0.2) is 0 Å². The van der Waals surface area contributed by atoms with Crippen LogP contribution in [0.5, 0.6) is 0 Å². The lowest BCUT2D eigenvalue weighted by Gasteiger charge is -2.25. The third-order valence-corrected chi connectivity index (χ3v) is 12.0. The summed E-state index contributed by atoms with van der Waals surface area (Å²) >= 11 is 0. The minimum absolute atomic E-state index is 0.170. The van der Waals surface area contributed by atoms with Crippen molar-refractivity contribution in [3.05, 3.63) is 193 Å². The fourth-order valence-corrected chi connectivity index (χ4v) is 9.56. The average molecular weight is 673 g/mol. The van der Waals surface area contributed by atoms with Crippen molar-refractivity contribution >= 4 is 21.5 Å². The second-order valence-corrected chi connectivity index (χ2v) is 15.2. The summed E-state index contributed by atoms with van der Waals surface area (Å²) in [6, 6.07) is 67.7. The first kappa shape index (κ1) is 30.2. The van der Waals surface area contributed by atoms with Gasteiger partial charge in [0.2, 0.25) is 0 Å². The van der Waals surface area contributed by atoms with Crippen molar-refractivity contribution in [1.29, 1.82) is 0 Å². The van der Waals surface area contributed by atoms with Gasteiger partial charge in [-0.05, 0) is 129 Å². The van der Waals surface area contributed by atoms with Gasteiger partial charge in [-0.25, -0.2) is 0 Å². The molecule has 0 spiro atoms. The summed E-state index contributed by atoms with van der Waals surface area (Å²) in [7, 11) is 0. The molecule has 0 amide bonds. The summed E-state index contributed by atoms with van der Waals surface area (Å²) in [4.78, 5) is 0. The fourth-order valence-electron chi connectivity index (χ4n) is 9.56. The van der Waals surface area contributed by atoms with E-state index in [1.807, 2.05) is 0 Å². The molecule has 0 aromatic heterocycles. The number of rotatable bonds is 4. The van der Waals surface area contributed by atoms with E-state index in [2.05, 4.69) is 196 Å². The Labute approximate surface area is 310 Å². The van der Waals surface area contributed by atoms with Crippen molar-refractivity contribution in [3.63, 3.8) is 0 Å². The monoisotopic (exact) mass is 672 g/mol. The van der Waals surface area contributed by atoms with E-state index in [-0.39, 0.29) is 5.41 Å². The quantitative estimate of drug-likeness (QED) is 0.175. The van der Waals surface area contributed by atoms with Gasteiger partial charge in [-0.2, -0.15) is 0 Å². The Morgan fingerprint density at radius 3 is 1.40 bits per heavy atom. The Balaban J connectivity index is 1.28. The molecule has 9 aromatic rings. The van der Waals surface area contributed by atoms with Crippen LogP contribution >= 0.6 is 0 Å². The molecule has 53 heavy (non-hydrogen) atoms. The molecule has 0 aliphatic heterocycles. The second kappa shape index (κ2) is 11.2.